The topological polar surface area (TPSA) is 114 Å². The molecule has 0 bridgehead atoms. The number of aryl methyl sites for hydroxylation is 2. The molecule has 0 fully saturated rings. The van der Waals surface area contributed by atoms with E-state index in [0.717, 1.165) is 47.6 Å². The normalized spacial score (nSPS) is 11.5. The first-order valence-electron chi connectivity index (χ1n) is 11.0. The Balaban J connectivity index is 0.000000240. The van der Waals surface area contributed by atoms with Crippen molar-refractivity contribution < 1.29 is 25.9 Å². The molecule has 0 radical (unpaired) electrons. The van der Waals surface area contributed by atoms with E-state index >= 15 is 0 Å². The molecule has 0 atom stereocenters. The van der Waals surface area contributed by atoms with Crippen LogP contribution in [0.3, 0.4) is 0 Å². The molecule has 0 spiro atoms. The van der Waals surface area contributed by atoms with Crippen molar-refractivity contribution in [1.82, 2.24) is 0 Å². The molecular weight excluding hydrogens is 512 g/mol. The van der Waals surface area contributed by atoms with Crippen molar-refractivity contribution in [2.24, 2.45) is 0 Å². The van der Waals surface area contributed by atoms with Crippen molar-refractivity contribution >= 4 is 79.5 Å². The second kappa shape index (κ2) is 12.6. The number of rotatable bonds is 6. The van der Waals surface area contributed by atoms with Crippen molar-refractivity contribution in [1.29, 1.82) is 0 Å². The van der Waals surface area contributed by atoms with E-state index in [1.807, 2.05) is 50.2 Å². The molecule has 35 heavy (non-hydrogen) atoms. The smallest absolute Gasteiger partial charge is 0.744 e. The van der Waals surface area contributed by atoms with Crippen LogP contribution in [-0.4, -0.2) is 63.7 Å². The van der Waals surface area contributed by atoms with Crippen LogP contribution in [0, 0.1) is 0 Å². The van der Waals surface area contributed by atoms with Gasteiger partial charge in [-0.15, -0.1) is 0 Å². The van der Waals surface area contributed by atoms with Gasteiger partial charge in [0.05, 0.1) is 9.79 Å². The SMILES string of the molecule is CCCc1cc(S(=O)(=O)[O-])c2ccccc2c1.CCCc1cc(S(=O)(=O)[O-])c2ccccc2c1.[Ca+2]. The fourth-order valence-corrected chi connectivity index (χ4v) is 5.45. The van der Waals surface area contributed by atoms with Gasteiger partial charge >= 0.3 is 37.7 Å². The summed E-state index contributed by atoms with van der Waals surface area (Å²) in [5, 5.41) is 2.60. The van der Waals surface area contributed by atoms with Crippen LogP contribution in [0.1, 0.15) is 37.8 Å². The molecule has 0 aliphatic carbocycles. The molecule has 0 heterocycles. The van der Waals surface area contributed by atoms with E-state index in [0.29, 0.717) is 10.8 Å². The Hall–Kier alpha value is -1.52. The maximum absolute atomic E-state index is 11.2. The zero-order valence-electron chi connectivity index (χ0n) is 19.7. The molecule has 0 N–H and O–H groups in total. The van der Waals surface area contributed by atoms with Crippen LogP contribution >= 0.6 is 0 Å². The molecule has 0 aromatic heterocycles. The van der Waals surface area contributed by atoms with Crippen molar-refractivity contribution in [3.8, 4) is 0 Å². The van der Waals surface area contributed by atoms with E-state index in [2.05, 4.69) is 0 Å². The molecule has 0 aliphatic rings. The molecular formula is C26H26CaO6S2. The van der Waals surface area contributed by atoms with Crippen LogP contribution in [-0.2, 0) is 33.1 Å². The van der Waals surface area contributed by atoms with Crippen LogP contribution in [0.25, 0.3) is 21.5 Å². The average molecular weight is 539 g/mol. The van der Waals surface area contributed by atoms with Gasteiger partial charge in [-0.1, -0.05) is 87.4 Å². The van der Waals surface area contributed by atoms with Gasteiger partial charge in [-0.3, -0.25) is 0 Å². The van der Waals surface area contributed by atoms with Crippen molar-refractivity contribution in [3.63, 3.8) is 0 Å². The first-order valence-corrected chi connectivity index (χ1v) is 13.8. The summed E-state index contributed by atoms with van der Waals surface area (Å²) in [5.74, 6) is 0. The Morgan fingerprint density at radius 1 is 0.600 bits per heavy atom. The minimum atomic E-state index is -4.42. The third-order valence-electron chi connectivity index (χ3n) is 5.38. The first-order chi connectivity index (χ1) is 16.0. The number of benzene rings is 4. The largest absolute Gasteiger partial charge is 2.00 e. The molecule has 0 amide bonds. The molecule has 0 unspecified atom stereocenters. The molecule has 0 saturated heterocycles. The maximum atomic E-state index is 11.2. The standard InChI is InChI=1S/2C13H14O3S.Ca/c2*1-2-5-10-8-11-6-3-4-7-12(11)13(9-10)17(14,15)16;/h2*3-4,6-9H,2,5H2,1H3,(H,14,15,16);/q;;+2/p-2. The quantitative estimate of drug-likeness (QED) is 0.252. The van der Waals surface area contributed by atoms with Crippen LogP contribution in [0.5, 0.6) is 0 Å². The number of hydrogen-bond acceptors (Lipinski definition) is 6. The van der Waals surface area contributed by atoms with E-state index < -0.39 is 20.2 Å². The minimum absolute atomic E-state index is 0. The van der Waals surface area contributed by atoms with Gasteiger partial charge in [0.15, 0.2) is 0 Å². The summed E-state index contributed by atoms with van der Waals surface area (Å²) in [6.45, 7) is 4.03. The van der Waals surface area contributed by atoms with Crippen LogP contribution < -0.4 is 0 Å². The zero-order chi connectivity index (χ0) is 24.9. The fraction of sp³-hybridized carbons (Fsp3) is 0.231. The van der Waals surface area contributed by atoms with Crippen molar-refractivity contribution in [2.75, 3.05) is 0 Å². The Morgan fingerprint density at radius 3 is 1.26 bits per heavy atom. The van der Waals surface area contributed by atoms with E-state index in [4.69, 9.17) is 0 Å². The van der Waals surface area contributed by atoms with Gasteiger partial charge in [-0.25, -0.2) is 16.8 Å². The Kier molecular flexibility index (Phi) is 10.7. The second-order valence-corrected chi connectivity index (χ2v) is 10.7. The molecule has 6 nitrogen and oxygen atoms in total. The van der Waals surface area contributed by atoms with Gasteiger partial charge in [0.1, 0.15) is 20.2 Å². The molecule has 180 valence electrons. The molecule has 4 aromatic carbocycles. The predicted molar refractivity (Wildman–Crippen MR) is 138 cm³/mol. The molecule has 0 saturated carbocycles. The number of hydrogen-bond donors (Lipinski definition) is 0. The van der Waals surface area contributed by atoms with Crippen LogP contribution in [0.2, 0.25) is 0 Å². The third kappa shape index (κ3) is 7.73. The van der Waals surface area contributed by atoms with Crippen LogP contribution in [0.15, 0.2) is 82.6 Å². The molecule has 9 heteroatoms. The van der Waals surface area contributed by atoms with Crippen molar-refractivity contribution in [3.05, 3.63) is 83.9 Å². The monoisotopic (exact) mass is 538 g/mol. The van der Waals surface area contributed by atoms with Gasteiger partial charge in [-0.05, 0) is 57.6 Å². The summed E-state index contributed by atoms with van der Waals surface area (Å²) in [6, 6.07) is 21.0. The summed E-state index contributed by atoms with van der Waals surface area (Å²) in [6.07, 6.45) is 3.37. The Morgan fingerprint density at radius 2 is 0.943 bits per heavy atom. The zero-order valence-corrected chi connectivity index (χ0v) is 23.6. The summed E-state index contributed by atoms with van der Waals surface area (Å²) >= 11 is 0. The van der Waals surface area contributed by atoms with Gasteiger partial charge in [0.25, 0.3) is 0 Å². The molecule has 4 rings (SSSR count). The summed E-state index contributed by atoms with van der Waals surface area (Å²) in [5.41, 5.74) is 1.78. The van der Waals surface area contributed by atoms with Crippen LogP contribution in [0.4, 0.5) is 0 Å². The van der Waals surface area contributed by atoms with E-state index in [1.165, 1.54) is 12.1 Å². The summed E-state index contributed by atoms with van der Waals surface area (Å²) in [4.78, 5) is -0.224. The molecule has 4 aromatic rings. The molecule has 0 aliphatic heterocycles. The maximum Gasteiger partial charge on any atom is 2.00 e. The first kappa shape index (κ1) is 29.7. The number of fused-ring (bicyclic) bond motifs is 2. The predicted octanol–water partition coefficient (Wildman–Crippen LogP) is 5.01. The fourth-order valence-electron chi connectivity index (χ4n) is 3.95. The Bertz CT molecular complexity index is 1410. The van der Waals surface area contributed by atoms with Gasteiger partial charge < -0.3 is 9.11 Å². The van der Waals surface area contributed by atoms with Gasteiger partial charge in [-0.2, -0.15) is 0 Å². The third-order valence-corrected chi connectivity index (χ3v) is 7.14. The summed E-state index contributed by atoms with van der Waals surface area (Å²) in [7, 11) is -8.84. The van der Waals surface area contributed by atoms with E-state index in [1.54, 1.807) is 24.3 Å². The minimum Gasteiger partial charge on any atom is -0.744 e. The summed E-state index contributed by atoms with van der Waals surface area (Å²) < 4.78 is 67.5. The van der Waals surface area contributed by atoms with E-state index in [-0.39, 0.29) is 47.5 Å². The average Bonchev–Trinajstić information content (AvgIpc) is 2.78. The van der Waals surface area contributed by atoms with Gasteiger partial charge in [0.2, 0.25) is 0 Å². The van der Waals surface area contributed by atoms with Gasteiger partial charge in [0, 0.05) is 0 Å². The Labute approximate surface area is 236 Å². The second-order valence-electron chi connectivity index (χ2n) is 8.04. The van der Waals surface area contributed by atoms with Crippen molar-refractivity contribution in [2.45, 2.75) is 49.3 Å². The van der Waals surface area contributed by atoms with E-state index in [9.17, 15) is 25.9 Å².